The molecule has 0 rings (SSSR count). The lowest BCUT2D eigenvalue weighted by Gasteiger charge is -2.43. The first kappa shape index (κ1) is 31.8. The number of amides is 1. The van der Waals surface area contributed by atoms with Crippen LogP contribution in [0.5, 0.6) is 0 Å². The van der Waals surface area contributed by atoms with Crippen molar-refractivity contribution in [2.75, 3.05) is 0 Å². The summed E-state index contributed by atoms with van der Waals surface area (Å²) in [4.78, 5) is 11.9. The number of carbonyl (C=O) groups is 1. The number of nitrogens with zero attached hydrogens (tertiary/aromatic N) is 1. The Morgan fingerprint density at radius 3 is 1.18 bits per heavy atom. The summed E-state index contributed by atoms with van der Waals surface area (Å²) in [6.45, 7) is 4.40. The monoisotopic (exact) mass is 541 g/mol. The van der Waals surface area contributed by atoms with E-state index in [-0.39, 0.29) is 17.7 Å². The molecule has 0 aliphatic carbocycles. The summed E-state index contributed by atoms with van der Waals surface area (Å²) in [5.41, 5.74) is 0. The fourth-order valence-corrected chi connectivity index (χ4v) is 2.61. The zero-order chi connectivity index (χ0) is 27.2. The van der Waals surface area contributed by atoms with Gasteiger partial charge in [0.1, 0.15) is 0 Å². The van der Waals surface area contributed by atoms with E-state index < -0.39 is 58.9 Å². The maximum absolute atomic E-state index is 14.2. The van der Waals surface area contributed by atoms with Crippen LogP contribution >= 0.6 is 11.6 Å². The highest BCUT2D eigenvalue weighted by Crippen LogP contribution is 2.62. The van der Waals surface area contributed by atoms with Crippen LogP contribution in [0.2, 0.25) is 0 Å². The van der Waals surface area contributed by atoms with E-state index in [0.29, 0.717) is 0 Å². The Hall–Kier alpha value is -1.22. The van der Waals surface area contributed by atoms with Gasteiger partial charge in [0.15, 0.2) is 0 Å². The van der Waals surface area contributed by atoms with Gasteiger partial charge in [0.2, 0.25) is 0 Å². The van der Waals surface area contributed by atoms with Crippen LogP contribution in [0.4, 0.5) is 61.5 Å². The maximum Gasteiger partial charge on any atom is 0.393 e. The van der Waals surface area contributed by atoms with Gasteiger partial charge in [0.25, 0.3) is 5.91 Å². The minimum Gasteiger partial charge on any atom is -0.332 e. The minimum absolute atomic E-state index is 0.0954. The van der Waals surface area contributed by atoms with Gasteiger partial charge >= 0.3 is 40.9 Å². The summed E-state index contributed by atoms with van der Waals surface area (Å²) in [5.74, 6) is -50.0. The summed E-state index contributed by atoms with van der Waals surface area (Å²) in [5, 5.41) is -6.70. The van der Waals surface area contributed by atoms with E-state index in [2.05, 4.69) is 11.6 Å². The first-order chi connectivity index (χ1) is 14.3. The Bertz CT molecular complexity index is 696. The molecule has 0 spiro atoms. The van der Waals surface area contributed by atoms with Gasteiger partial charge in [-0.2, -0.15) is 61.5 Å². The van der Waals surface area contributed by atoms with E-state index in [9.17, 15) is 66.3 Å². The van der Waals surface area contributed by atoms with Crippen molar-refractivity contribution < 1.29 is 66.3 Å². The number of halogens is 15. The zero-order valence-corrected chi connectivity index (χ0v) is 17.8. The van der Waals surface area contributed by atoms with Crippen LogP contribution in [0.3, 0.4) is 0 Å². The molecule has 33 heavy (non-hydrogen) atoms. The summed E-state index contributed by atoms with van der Waals surface area (Å²) in [6, 6.07) is -2.77. The van der Waals surface area contributed by atoms with Gasteiger partial charge in [-0.1, -0.05) is 13.8 Å². The summed E-state index contributed by atoms with van der Waals surface area (Å²) < 4.78 is 189. The molecule has 0 radical (unpaired) electrons. The maximum atomic E-state index is 14.2. The van der Waals surface area contributed by atoms with E-state index in [1.165, 1.54) is 13.8 Å². The first-order valence-electron chi connectivity index (χ1n) is 8.91. The topological polar surface area (TPSA) is 20.3 Å². The molecule has 198 valence electrons. The predicted molar refractivity (Wildman–Crippen MR) is 86.8 cm³/mol. The van der Waals surface area contributed by atoms with Crippen LogP contribution in [0.25, 0.3) is 0 Å². The lowest BCUT2D eigenvalue weighted by molar-refractivity contribution is -0.432. The summed E-state index contributed by atoms with van der Waals surface area (Å²) in [6.07, 6.45) is -0.501. The van der Waals surface area contributed by atoms with Crippen molar-refractivity contribution in [1.29, 1.82) is 0 Å². The second-order valence-corrected chi connectivity index (χ2v) is 7.65. The van der Waals surface area contributed by atoms with Crippen LogP contribution in [-0.4, -0.2) is 63.8 Å². The fraction of sp³-hybridized carbons (Fsp3) is 0.938. The second-order valence-electron chi connectivity index (χ2n) is 7.17. The van der Waals surface area contributed by atoms with Crippen molar-refractivity contribution in [3.05, 3.63) is 0 Å². The molecule has 0 aliphatic heterocycles. The quantitative estimate of drug-likeness (QED) is 0.203. The normalized spacial score (nSPS) is 17.1. The molecule has 0 aliphatic rings. The standard InChI is InChI=1S/C16H18ClF14NO/c1-5-7(3)32(8(4)6-2)9(33)10(18,19)11(20,21)12(22,23)13(24,25)14(26,27)15(28,29)16(17,30)31/h7-8H,5-6H2,1-4H3. The average Bonchev–Trinajstić information content (AvgIpc) is 2.65. The van der Waals surface area contributed by atoms with E-state index >= 15 is 0 Å². The molecule has 0 aromatic heterocycles. The Morgan fingerprint density at radius 1 is 0.636 bits per heavy atom. The third-order valence-corrected chi connectivity index (χ3v) is 5.20. The lowest BCUT2D eigenvalue weighted by Crippen LogP contribution is -2.74. The third kappa shape index (κ3) is 4.56. The molecule has 1 amide bonds. The molecule has 0 saturated carbocycles. The number of hydrogen-bond acceptors (Lipinski definition) is 1. The fourth-order valence-electron chi connectivity index (χ4n) is 2.49. The highest BCUT2D eigenvalue weighted by molar-refractivity contribution is 6.22. The van der Waals surface area contributed by atoms with Crippen molar-refractivity contribution in [1.82, 2.24) is 4.90 Å². The molecule has 17 heteroatoms. The molecular weight excluding hydrogens is 524 g/mol. The van der Waals surface area contributed by atoms with Crippen molar-refractivity contribution in [2.45, 2.75) is 93.5 Å². The number of rotatable bonds is 11. The predicted octanol–water partition coefficient (Wildman–Crippen LogP) is 7.06. The van der Waals surface area contributed by atoms with Gasteiger partial charge in [-0.05, 0) is 38.3 Å². The molecule has 0 N–H and O–H groups in total. The van der Waals surface area contributed by atoms with Crippen LogP contribution < -0.4 is 0 Å². The SMILES string of the molecule is CCC(C)N(C(=O)C(F)(F)C(F)(F)C(F)(F)C(F)(F)C(F)(F)C(F)(F)C(F)(F)Cl)C(C)CC. The molecule has 2 atom stereocenters. The van der Waals surface area contributed by atoms with Gasteiger partial charge in [-0.15, -0.1) is 0 Å². The van der Waals surface area contributed by atoms with Crippen molar-refractivity contribution in [3.8, 4) is 0 Å². The van der Waals surface area contributed by atoms with Gasteiger partial charge in [-0.25, -0.2) is 0 Å². The highest BCUT2D eigenvalue weighted by atomic mass is 35.5. The molecule has 0 bridgehead atoms. The Balaban J connectivity index is 6.78. The molecular formula is C16H18ClF14NO. The van der Waals surface area contributed by atoms with E-state index in [0.717, 1.165) is 13.8 Å². The smallest absolute Gasteiger partial charge is 0.332 e. The molecule has 2 nitrogen and oxygen atoms in total. The van der Waals surface area contributed by atoms with Crippen LogP contribution in [-0.2, 0) is 4.79 Å². The van der Waals surface area contributed by atoms with Crippen molar-refractivity contribution >= 4 is 17.5 Å². The van der Waals surface area contributed by atoms with Gasteiger partial charge in [0, 0.05) is 12.1 Å². The van der Waals surface area contributed by atoms with Gasteiger partial charge < -0.3 is 4.90 Å². The minimum atomic E-state index is -8.26. The number of hydrogen-bond donors (Lipinski definition) is 0. The number of carbonyl (C=O) groups excluding carboxylic acids is 1. The van der Waals surface area contributed by atoms with E-state index in [4.69, 9.17) is 0 Å². The van der Waals surface area contributed by atoms with Crippen LogP contribution in [0.1, 0.15) is 40.5 Å². The molecule has 0 aromatic rings. The Kier molecular flexibility index (Phi) is 8.76. The second kappa shape index (κ2) is 9.10. The molecule has 0 aromatic carbocycles. The summed E-state index contributed by atoms with van der Waals surface area (Å²) in [7, 11) is 0. The largest absolute Gasteiger partial charge is 0.393 e. The van der Waals surface area contributed by atoms with Gasteiger partial charge in [-0.3, -0.25) is 4.79 Å². The third-order valence-electron chi connectivity index (χ3n) is 4.96. The van der Waals surface area contributed by atoms with Crippen LogP contribution in [0.15, 0.2) is 0 Å². The summed E-state index contributed by atoms with van der Waals surface area (Å²) >= 11 is 3.53. The van der Waals surface area contributed by atoms with E-state index in [1.54, 1.807) is 0 Å². The van der Waals surface area contributed by atoms with Crippen molar-refractivity contribution in [2.24, 2.45) is 0 Å². The molecule has 2 unspecified atom stereocenters. The average molecular weight is 542 g/mol. The Morgan fingerprint density at radius 2 is 0.909 bits per heavy atom. The van der Waals surface area contributed by atoms with Crippen molar-refractivity contribution in [3.63, 3.8) is 0 Å². The highest BCUT2D eigenvalue weighted by Gasteiger charge is 2.93. The molecule has 0 saturated heterocycles. The Labute approximate surface area is 183 Å². The first-order valence-corrected chi connectivity index (χ1v) is 9.29. The lowest BCUT2D eigenvalue weighted by atomic mass is 9.90. The molecule has 0 heterocycles. The number of alkyl halides is 15. The van der Waals surface area contributed by atoms with Gasteiger partial charge in [0.05, 0.1) is 0 Å². The van der Waals surface area contributed by atoms with E-state index in [1.807, 2.05) is 0 Å². The molecule has 0 fully saturated rings. The van der Waals surface area contributed by atoms with Crippen LogP contribution in [0, 0.1) is 0 Å². The zero-order valence-electron chi connectivity index (χ0n) is 17.1.